The highest BCUT2D eigenvalue weighted by molar-refractivity contribution is 7.99. The van der Waals surface area contributed by atoms with Crippen molar-refractivity contribution < 1.29 is 4.74 Å². The minimum atomic E-state index is -1.14. The van der Waals surface area contributed by atoms with Gasteiger partial charge in [0.25, 0.3) is 0 Å². The Morgan fingerprint density at radius 3 is 1.06 bits per heavy atom. The molecule has 0 fully saturated rings. The van der Waals surface area contributed by atoms with Crippen LogP contribution in [0.15, 0.2) is 283 Å². The fourth-order valence-electron chi connectivity index (χ4n) is 16.6. The van der Waals surface area contributed by atoms with Gasteiger partial charge >= 0.3 is 0 Å². The lowest BCUT2D eigenvalue weighted by atomic mass is 9.66. The molecule has 2 aliphatic heterocycles. The van der Waals surface area contributed by atoms with Crippen LogP contribution in [-0.2, 0) is 5.41 Å². The fraction of sp³-hybridized carbons (Fsp3) is 0.0115. The van der Waals surface area contributed by atoms with E-state index in [4.69, 9.17) is 14.7 Å². The average Bonchev–Trinajstić information content (AvgIpc) is 1.47. The molecular formula is C87H45N11OS. The number of pyridine rings is 2. The highest BCUT2D eigenvalue weighted by atomic mass is 32.2. The molecule has 0 radical (unpaired) electrons. The number of hydrogen-bond donors (Lipinski definition) is 0. The molecule has 100 heavy (non-hydrogen) atoms. The molecule has 0 N–H and O–H groups in total. The van der Waals surface area contributed by atoms with Crippen molar-refractivity contribution in [2.24, 2.45) is 0 Å². The zero-order valence-corrected chi connectivity index (χ0v) is 53.5. The van der Waals surface area contributed by atoms with E-state index in [2.05, 4.69) is 223 Å². The second-order valence-electron chi connectivity index (χ2n) is 25.7. The molecule has 0 bridgehead atoms. The summed E-state index contributed by atoms with van der Waals surface area (Å²) in [5, 5.41) is 48.9. The summed E-state index contributed by atoms with van der Waals surface area (Å²) in [5.74, 6) is 1.31. The number of fused-ring (bicyclic) bond motifs is 23. The van der Waals surface area contributed by atoms with Gasteiger partial charge in [-0.2, -0.15) is 21.0 Å². The molecule has 18 aromatic rings. The first kappa shape index (κ1) is 55.3. The summed E-state index contributed by atoms with van der Waals surface area (Å²) >= 11 is 1.57. The third kappa shape index (κ3) is 7.50. The number of rotatable bonds is 5. The van der Waals surface area contributed by atoms with E-state index in [0.717, 1.165) is 170 Å². The van der Waals surface area contributed by atoms with Gasteiger partial charge in [0.2, 0.25) is 0 Å². The van der Waals surface area contributed by atoms with Crippen LogP contribution in [0, 0.1) is 45.3 Å². The Bertz CT molecular complexity index is 6660. The lowest BCUT2D eigenvalue weighted by Crippen LogP contribution is -2.32. The second kappa shape index (κ2) is 20.5. The van der Waals surface area contributed by atoms with E-state index in [1.807, 2.05) is 97.3 Å². The van der Waals surface area contributed by atoms with Crippen molar-refractivity contribution in [3.05, 3.63) is 318 Å². The lowest BCUT2D eigenvalue weighted by molar-refractivity contribution is 0.436. The van der Waals surface area contributed by atoms with Gasteiger partial charge in [-0.15, -0.1) is 0 Å². The standard InChI is InChI=1S/C87H45N11OS/c88-44-50-21-30-76-64(35-50)61-13-3-9-19-74(61)97(76)57-40-69-85(92-48-57)86-70(41-58(49-93-86)98-75-20-10-4-14-62(75)65-36-51(45-89)22-31-77(65)98)87(69)67-28-25-55(94-71-16-6-1-11-59(71)60-12-2-7-17-72(60)94)42-81(67)99-82-43-56(26-29-68(82)87)95-73-18-8-5-15-63(73)66-39-54(27-34-78(66)95)96-79-32-23-52(46-90)37-83(79)100-84-38-53(47-91)24-33-80(84)96/h1-43,48-49H. The van der Waals surface area contributed by atoms with Crippen LogP contribution in [0.2, 0.25) is 0 Å². The molecule has 0 saturated carbocycles. The van der Waals surface area contributed by atoms with E-state index in [9.17, 15) is 21.0 Å². The van der Waals surface area contributed by atoms with Gasteiger partial charge in [-0.05, 0) is 146 Å². The number of benzene rings is 12. The predicted molar refractivity (Wildman–Crippen MR) is 394 cm³/mol. The van der Waals surface area contributed by atoms with Crippen LogP contribution in [0.4, 0.5) is 17.1 Å². The largest absolute Gasteiger partial charge is 0.457 e. The van der Waals surface area contributed by atoms with Gasteiger partial charge in [0, 0.05) is 104 Å². The summed E-state index contributed by atoms with van der Waals surface area (Å²) in [7, 11) is 0. The number of anilines is 3. The normalized spacial score (nSPS) is 13.1. The Hall–Kier alpha value is -14.0. The molecule has 460 valence electrons. The van der Waals surface area contributed by atoms with Crippen molar-refractivity contribution in [1.82, 2.24) is 28.2 Å². The Kier molecular flexibility index (Phi) is 11.4. The van der Waals surface area contributed by atoms with E-state index in [1.165, 1.54) is 0 Å². The van der Waals surface area contributed by atoms with Crippen molar-refractivity contribution in [2.75, 3.05) is 4.90 Å². The highest BCUT2D eigenvalue weighted by Crippen LogP contribution is 2.63. The van der Waals surface area contributed by atoms with Crippen molar-refractivity contribution >= 4 is 116 Å². The Labute approximate surface area is 574 Å². The zero-order valence-electron chi connectivity index (χ0n) is 52.7. The first-order valence-electron chi connectivity index (χ1n) is 32.8. The molecule has 1 aliphatic carbocycles. The van der Waals surface area contributed by atoms with E-state index in [1.54, 1.807) is 11.8 Å². The first-order valence-corrected chi connectivity index (χ1v) is 33.6. The summed E-state index contributed by atoms with van der Waals surface area (Å²) in [5.41, 5.74) is 20.5. The van der Waals surface area contributed by atoms with Gasteiger partial charge in [-0.25, -0.2) is 0 Å². The smallest absolute Gasteiger partial charge is 0.134 e. The van der Waals surface area contributed by atoms with Gasteiger partial charge in [0.1, 0.15) is 11.5 Å². The van der Waals surface area contributed by atoms with Crippen molar-refractivity contribution in [3.8, 4) is 69.9 Å². The second-order valence-corrected chi connectivity index (χ2v) is 26.8. The van der Waals surface area contributed by atoms with Crippen LogP contribution in [0.5, 0.6) is 11.5 Å². The molecule has 1 spiro atoms. The molecule has 6 aromatic heterocycles. The molecule has 0 saturated heterocycles. The molecule has 0 amide bonds. The van der Waals surface area contributed by atoms with Crippen LogP contribution >= 0.6 is 11.8 Å². The number of nitrogens with zero attached hydrogens (tertiary/aromatic N) is 11. The monoisotopic (exact) mass is 1290 g/mol. The summed E-state index contributed by atoms with van der Waals surface area (Å²) in [4.78, 5) is 15.3. The molecule has 21 rings (SSSR count). The molecule has 0 atom stereocenters. The maximum Gasteiger partial charge on any atom is 0.134 e. The lowest BCUT2D eigenvalue weighted by Gasteiger charge is -2.39. The summed E-state index contributed by atoms with van der Waals surface area (Å²) in [6, 6.07) is 99.8. The van der Waals surface area contributed by atoms with Gasteiger partial charge in [-0.3, -0.25) is 9.97 Å². The topological polar surface area (TPSA) is 153 Å². The third-order valence-electron chi connectivity index (χ3n) is 20.7. The number of aromatic nitrogens is 6. The third-order valence-corrected chi connectivity index (χ3v) is 21.8. The fourth-order valence-corrected chi connectivity index (χ4v) is 17.8. The molecule has 12 aromatic carbocycles. The SMILES string of the molecule is N#Cc1ccc2c(c1)Sc1cc(C#N)ccc1N2c1ccc2c(c1)c1ccccc1n2-c1ccc2c(c1)Oc1cc(-n3c4ccccc4c4ccccc43)ccc1C21c2cc(-n3c4ccccc4c4cc(C#N)ccc43)cnc2-c2ncc(-n3c4ccccc4c4cc(C#N)ccc43)cc21. The van der Waals surface area contributed by atoms with Crippen molar-refractivity contribution in [1.29, 1.82) is 21.0 Å². The molecule has 3 aliphatic rings. The molecule has 13 heteroatoms. The van der Waals surface area contributed by atoms with Crippen molar-refractivity contribution in [2.45, 2.75) is 15.2 Å². The minimum absolute atomic E-state index is 0.563. The zero-order chi connectivity index (χ0) is 66.2. The minimum Gasteiger partial charge on any atom is -0.457 e. The van der Waals surface area contributed by atoms with Crippen LogP contribution < -0.4 is 9.64 Å². The van der Waals surface area contributed by atoms with E-state index in [-0.39, 0.29) is 0 Å². The highest BCUT2D eigenvalue weighted by Gasteiger charge is 2.53. The number of ether oxygens (including phenoxy) is 1. The Balaban J connectivity index is 0.838. The Morgan fingerprint density at radius 2 is 0.640 bits per heavy atom. The number of hydrogen-bond acceptors (Lipinski definition) is 9. The number of nitriles is 4. The van der Waals surface area contributed by atoms with Gasteiger partial charge in [0.15, 0.2) is 0 Å². The molecule has 8 heterocycles. The van der Waals surface area contributed by atoms with E-state index >= 15 is 0 Å². The average molecular weight is 1290 g/mol. The predicted octanol–water partition coefficient (Wildman–Crippen LogP) is 20.8. The van der Waals surface area contributed by atoms with Crippen LogP contribution in [0.1, 0.15) is 44.5 Å². The maximum absolute atomic E-state index is 10.2. The van der Waals surface area contributed by atoms with E-state index in [0.29, 0.717) is 33.8 Å². The van der Waals surface area contributed by atoms with Crippen LogP contribution in [0.3, 0.4) is 0 Å². The molecule has 0 unspecified atom stereocenters. The molecular weight excluding hydrogens is 1250 g/mol. The summed E-state index contributed by atoms with van der Waals surface area (Å²) in [6.45, 7) is 0. The first-order chi connectivity index (χ1) is 49.4. The Morgan fingerprint density at radius 1 is 0.300 bits per heavy atom. The maximum atomic E-state index is 10.2. The summed E-state index contributed by atoms with van der Waals surface area (Å²) in [6.07, 6.45) is 3.92. The number of para-hydroxylation sites is 5. The molecule has 12 nitrogen and oxygen atoms in total. The quantitative estimate of drug-likeness (QED) is 0.164. The summed E-state index contributed by atoms with van der Waals surface area (Å²) < 4.78 is 16.9. The van der Waals surface area contributed by atoms with Crippen molar-refractivity contribution in [3.63, 3.8) is 0 Å². The van der Waals surface area contributed by atoms with Crippen LogP contribution in [-0.4, -0.2) is 28.2 Å². The van der Waals surface area contributed by atoms with Gasteiger partial charge in [0.05, 0.1) is 143 Å². The van der Waals surface area contributed by atoms with Gasteiger partial charge in [-0.1, -0.05) is 115 Å². The van der Waals surface area contributed by atoms with E-state index < -0.39 is 5.41 Å². The van der Waals surface area contributed by atoms with Crippen LogP contribution in [0.25, 0.3) is 121 Å². The van der Waals surface area contributed by atoms with Gasteiger partial charge < -0.3 is 27.9 Å².